The average Bonchev–Trinajstić information content (AvgIpc) is 2.56. The van der Waals surface area contributed by atoms with Crippen molar-refractivity contribution in [2.45, 2.75) is 39.5 Å². The van der Waals surface area contributed by atoms with Crippen LogP contribution in [0.1, 0.15) is 39.5 Å². The second-order valence-corrected chi connectivity index (χ2v) is 9.03. The minimum absolute atomic E-state index is 0.00581. The van der Waals surface area contributed by atoms with E-state index in [2.05, 4.69) is 22.3 Å². The lowest BCUT2D eigenvalue weighted by Crippen LogP contribution is -2.47. The van der Waals surface area contributed by atoms with E-state index in [1.54, 1.807) is 31.2 Å². The normalized spacial score (nSPS) is 17.0. The standard InChI is InChI=1S/C18H29N3O4S/c1-3-26(24,25)21-16-7-5-15(6-8-16)20-17(23)19-13-18(10-4-11-18)14(2)9-12-22/h5-8,14,21-22H,3-4,9-13H2,1-2H3,(H2,19,20,23)/t14-/m1/s1. The van der Waals surface area contributed by atoms with Gasteiger partial charge in [0.15, 0.2) is 0 Å². The van der Waals surface area contributed by atoms with Gasteiger partial charge in [0, 0.05) is 24.5 Å². The van der Waals surface area contributed by atoms with Crippen LogP contribution in [-0.2, 0) is 10.0 Å². The Labute approximate surface area is 155 Å². The molecule has 8 heteroatoms. The third kappa shape index (κ3) is 5.35. The molecule has 0 aliphatic heterocycles. The van der Waals surface area contributed by atoms with Crippen molar-refractivity contribution >= 4 is 27.4 Å². The fourth-order valence-electron chi connectivity index (χ4n) is 3.28. The Morgan fingerprint density at radius 1 is 1.23 bits per heavy atom. The zero-order valence-corrected chi connectivity index (χ0v) is 16.2. The smallest absolute Gasteiger partial charge is 0.319 e. The number of sulfonamides is 1. The van der Waals surface area contributed by atoms with E-state index < -0.39 is 10.0 Å². The van der Waals surface area contributed by atoms with E-state index in [0.29, 0.717) is 23.8 Å². The molecule has 146 valence electrons. The molecular formula is C18H29N3O4S. The highest BCUT2D eigenvalue weighted by atomic mass is 32.2. The molecule has 2 amide bonds. The molecule has 0 aromatic heterocycles. The third-order valence-electron chi connectivity index (χ3n) is 5.35. The van der Waals surface area contributed by atoms with Crippen molar-refractivity contribution in [2.24, 2.45) is 11.3 Å². The summed E-state index contributed by atoms with van der Waals surface area (Å²) in [6, 6.07) is 6.25. The minimum atomic E-state index is -3.31. The third-order valence-corrected chi connectivity index (χ3v) is 6.66. The molecule has 0 radical (unpaired) electrons. The van der Waals surface area contributed by atoms with Crippen molar-refractivity contribution in [3.8, 4) is 0 Å². The van der Waals surface area contributed by atoms with Crippen molar-refractivity contribution in [3.05, 3.63) is 24.3 Å². The number of rotatable bonds is 9. The SMILES string of the molecule is CCS(=O)(=O)Nc1ccc(NC(=O)NCC2([C@H](C)CCO)CCC2)cc1. The fraction of sp³-hybridized carbons (Fsp3) is 0.611. The van der Waals surface area contributed by atoms with Crippen molar-refractivity contribution < 1.29 is 18.3 Å². The second kappa shape index (κ2) is 8.73. The summed E-state index contributed by atoms with van der Waals surface area (Å²) in [4.78, 5) is 12.2. The Bertz CT molecular complexity index is 700. The zero-order chi connectivity index (χ0) is 19.2. The summed E-state index contributed by atoms with van der Waals surface area (Å²) >= 11 is 0. The zero-order valence-electron chi connectivity index (χ0n) is 15.4. The molecule has 0 bridgehead atoms. The molecule has 1 aliphatic rings. The average molecular weight is 384 g/mol. The summed E-state index contributed by atoms with van der Waals surface area (Å²) in [6.45, 7) is 4.46. The van der Waals surface area contributed by atoms with Crippen LogP contribution in [0.2, 0.25) is 0 Å². The number of carbonyl (C=O) groups excluding carboxylic acids is 1. The Balaban J connectivity index is 1.86. The monoisotopic (exact) mass is 383 g/mol. The van der Waals surface area contributed by atoms with Gasteiger partial charge in [-0.2, -0.15) is 0 Å². The number of aliphatic hydroxyl groups is 1. The molecule has 1 aliphatic carbocycles. The van der Waals surface area contributed by atoms with Crippen molar-refractivity contribution in [1.82, 2.24) is 5.32 Å². The van der Waals surface area contributed by atoms with Gasteiger partial charge in [-0.1, -0.05) is 13.3 Å². The van der Waals surface area contributed by atoms with E-state index in [1.807, 2.05) is 0 Å². The predicted molar refractivity (Wildman–Crippen MR) is 104 cm³/mol. The quantitative estimate of drug-likeness (QED) is 0.526. The van der Waals surface area contributed by atoms with Gasteiger partial charge in [-0.3, -0.25) is 4.72 Å². The Hall–Kier alpha value is -1.80. The number of anilines is 2. The van der Waals surface area contributed by atoms with E-state index in [0.717, 1.165) is 25.7 Å². The van der Waals surface area contributed by atoms with E-state index in [4.69, 9.17) is 5.11 Å². The van der Waals surface area contributed by atoms with E-state index >= 15 is 0 Å². The van der Waals surface area contributed by atoms with Gasteiger partial charge in [-0.15, -0.1) is 0 Å². The number of amides is 2. The molecule has 0 unspecified atom stereocenters. The maximum absolute atomic E-state index is 12.2. The first kappa shape index (κ1) is 20.5. The summed E-state index contributed by atoms with van der Waals surface area (Å²) in [5, 5.41) is 14.9. The van der Waals surface area contributed by atoms with Crippen LogP contribution in [0.3, 0.4) is 0 Å². The summed E-state index contributed by atoms with van der Waals surface area (Å²) in [5.74, 6) is 0.374. The molecule has 1 atom stereocenters. The molecule has 0 spiro atoms. The van der Waals surface area contributed by atoms with Crippen LogP contribution in [0.15, 0.2) is 24.3 Å². The number of nitrogens with one attached hydrogen (secondary N) is 3. The number of hydrogen-bond acceptors (Lipinski definition) is 4. The molecule has 26 heavy (non-hydrogen) atoms. The summed E-state index contributed by atoms with van der Waals surface area (Å²) < 4.78 is 25.5. The Kier molecular flexibility index (Phi) is 6.88. The van der Waals surface area contributed by atoms with Gasteiger partial charge in [-0.05, 0) is 61.8 Å². The van der Waals surface area contributed by atoms with Crippen LogP contribution in [0, 0.1) is 11.3 Å². The van der Waals surface area contributed by atoms with E-state index in [9.17, 15) is 13.2 Å². The van der Waals surface area contributed by atoms with Crippen LogP contribution >= 0.6 is 0 Å². The van der Waals surface area contributed by atoms with Crippen molar-refractivity contribution in [2.75, 3.05) is 28.9 Å². The first-order chi connectivity index (χ1) is 12.3. The van der Waals surface area contributed by atoms with Crippen LogP contribution < -0.4 is 15.4 Å². The summed E-state index contributed by atoms with van der Waals surface area (Å²) in [7, 11) is -3.31. The molecule has 7 nitrogen and oxygen atoms in total. The maximum atomic E-state index is 12.2. The first-order valence-corrected chi connectivity index (χ1v) is 10.7. The highest BCUT2D eigenvalue weighted by Crippen LogP contribution is 2.47. The fourth-order valence-corrected chi connectivity index (χ4v) is 3.92. The predicted octanol–water partition coefficient (Wildman–Crippen LogP) is 2.76. The lowest BCUT2D eigenvalue weighted by atomic mass is 9.60. The van der Waals surface area contributed by atoms with Crippen molar-refractivity contribution in [3.63, 3.8) is 0 Å². The minimum Gasteiger partial charge on any atom is -0.396 e. The van der Waals surface area contributed by atoms with Crippen LogP contribution in [-0.4, -0.2) is 38.5 Å². The van der Waals surface area contributed by atoms with Gasteiger partial charge in [0.2, 0.25) is 10.0 Å². The molecule has 2 rings (SSSR count). The van der Waals surface area contributed by atoms with Gasteiger partial charge in [0.25, 0.3) is 0 Å². The molecule has 0 saturated heterocycles. The molecule has 4 N–H and O–H groups in total. The van der Waals surface area contributed by atoms with Crippen LogP contribution in [0.25, 0.3) is 0 Å². The highest BCUT2D eigenvalue weighted by Gasteiger charge is 2.41. The lowest BCUT2D eigenvalue weighted by molar-refractivity contribution is 0.0462. The molecule has 1 aromatic rings. The molecular weight excluding hydrogens is 354 g/mol. The highest BCUT2D eigenvalue weighted by molar-refractivity contribution is 7.92. The van der Waals surface area contributed by atoms with Crippen molar-refractivity contribution in [1.29, 1.82) is 0 Å². The number of hydrogen-bond donors (Lipinski definition) is 4. The lowest BCUT2D eigenvalue weighted by Gasteiger charge is -2.46. The topological polar surface area (TPSA) is 108 Å². The molecule has 1 fully saturated rings. The largest absolute Gasteiger partial charge is 0.396 e. The second-order valence-electron chi connectivity index (χ2n) is 7.02. The molecule has 1 aromatic carbocycles. The first-order valence-electron chi connectivity index (χ1n) is 9.06. The maximum Gasteiger partial charge on any atom is 0.319 e. The number of urea groups is 1. The Morgan fingerprint density at radius 3 is 2.35 bits per heavy atom. The van der Waals surface area contributed by atoms with Gasteiger partial charge >= 0.3 is 6.03 Å². The number of carbonyl (C=O) groups is 1. The van der Waals surface area contributed by atoms with Gasteiger partial charge < -0.3 is 15.7 Å². The summed E-state index contributed by atoms with van der Waals surface area (Å²) in [6.07, 6.45) is 4.05. The van der Waals surface area contributed by atoms with E-state index in [-0.39, 0.29) is 23.8 Å². The van der Waals surface area contributed by atoms with Gasteiger partial charge in [-0.25, -0.2) is 13.2 Å². The number of benzene rings is 1. The van der Waals surface area contributed by atoms with Crippen LogP contribution in [0.4, 0.5) is 16.2 Å². The van der Waals surface area contributed by atoms with Gasteiger partial charge in [0.05, 0.1) is 5.75 Å². The Morgan fingerprint density at radius 2 is 1.85 bits per heavy atom. The number of aliphatic hydroxyl groups excluding tert-OH is 1. The van der Waals surface area contributed by atoms with E-state index in [1.165, 1.54) is 0 Å². The van der Waals surface area contributed by atoms with Crippen LogP contribution in [0.5, 0.6) is 0 Å². The van der Waals surface area contributed by atoms with Gasteiger partial charge in [0.1, 0.15) is 0 Å². The molecule has 1 saturated carbocycles. The molecule has 0 heterocycles. The summed E-state index contributed by atoms with van der Waals surface area (Å²) in [5.41, 5.74) is 1.14.